The zero-order valence-electron chi connectivity index (χ0n) is 23.0. The van der Waals surface area contributed by atoms with Gasteiger partial charge in [0, 0.05) is 37.7 Å². The third kappa shape index (κ3) is 12.0. The van der Waals surface area contributed by atoms with Gasteiger partial charge in [0.05, 0.1) is 12.4 Å². The van der Waals surface area contributed by atoms with Gasteiger partial charge in [0.1, 0.15) is 18.1 Å². The minimum Gasteiger partial charge on any atom is -0.480 e. The molecule has 0 bridgehead atoms. The fourth-order valence-corrected chi connectivity index (χ4v) is 3.90. The highest BCUT2D eigenvalue weighted by Gasteiger charge is 2.31. The number of aromatic amines is 1. The second-order valence-corrected chi connectivity index (χ2v) is 9.55. The lowest BCUT2D eigenvalue weighted by atomic mass is 10.0. The summed E-state index contributed by atoms with van der Waals surface area (Å²) in [5, 5.41) is 17.3. The number of nitrogens with one attached hydrogen (secondary N) is 4. The first-order chi connectivity index (χ1) is 20.0. The molecule has 13 N–H and O–H groups in total. The molecule has 0 aliphatic rings. The van der Waals surface area contributed by atoms with Gasteiger partial charge in [-0.2, -0.15) is 0 Å². The Morgan fingerprint density at radius 1 is 0.881 bits per heavy atom. The van der Waals surface area contributed by atoms with Crippen molar-refractivity contribution in [1.82, 2.24) is 25.9 Å². The molecule has 2 rings (SSSR count). The molecule has 0 spiro atoms. The molecule has 4 amide bonds. The van der Waals surface area contributed by atoms with Gasteiger partial charge in [0.2, 0.25) is 23.6 Å². The lowest BCUT2D eigenvalue weighted by Crippen LogP contribution is -2.58. The number of imidazole rings is 1. The lowest BCUT2D eigenvalue weighted by molar-refractivity contribution is -0.142. The minimum atomic E-state index is -1.27. The van der Waals surface area contributed by atoms with Crippen molar-refractivity contribution < 1.29 is 29.1 Å². The van der Waals surface area contributed by atoms with Crippen LogP contribution in [-0.2, 0) is 36.8 Å². The number of benzene rings is 1. The molecular formula is C26H38N10O6. The molecule has 42 heavy (non-hydrogen) atoms. The zero-order valence-corrected chi connectivity index (χ0v) is 23.0. The number of carboxylic acids is 1. The number of carbonyl (C=O) groups excluding carboxylic acids is 4. The number of aliphatic carboxylic acids is 1. The number of rotatable bonds is 18. The Morgan fingerprint density at radius 3 is 2.07 bits per heavy atom. The van der Waals surface area contributed by atoms with Gasteiger partial charge in [-0.3, -0.25) is 24.2 Å². The first-order valence-corrected chi connectivity index (χ1v) is 13.2. The number of guanidine groups is 1. The Balaban J connectivity index is 2.23. The van der Waals surface area contributed by atoms with Crippen LogP contribution in [0.5, 0.6) is 0 Å². The van der Waals surface area contributed by atoms with Crippen molar-refractivity contribution in [2.75, 3.05) is 6.54 Å². The van der Waals surface area contributed by atoms with E-state index >= 15 is 0 Å². The van der Waals surface area contributed by atoms with Crippen molar-refractivity contribution in [1.29, 1.82) is 0 Å². The Bertz CT molecular complexity index is 1220. The summed E-state index contributed by atoms with van der Waals surface area (Å²) < 4.78 is 0. The fourth-order valence-electron chi connectivity index (χ4n) is 3.90. The molecule has 4 atom stereocenters. The Kier molecular flexibility index (Phi) is 13.4. The number of carboxylic acid groups (broad SMARTS) is 1. The summed E-state index contributed by atoms with van der Waals surface area (Å²) in [5.41, 5.74) is 22.8. The second kappa shape index (κ2) is 17.0. The van der Waals surface area contributed by atoms with E-state index in [1.54, 1.807) is 30.3 Å². The van der Waals surface area contributed by atoms with E-state index in [1.807, 2.05) is 0 Å². The van der Waals surface area contributed by atoms with Crippen LogP contribution in [0.15, 0.2) is 47.8 Å². The Hall–Kier alpha value is -4.99. The molecule has 16 nitrogen and oxygen atoms in total. The van der Waals surface area contributed by atoms with E-state index in [1.165, 1.54) is 12.5 Å². The van der Waals surface area contributed by atoms with Gasteiger partial charge in [-0.15, -0.1) is 0 Å². The summed E-state index contributed by atoms with van der Waals surface area (Å²) in [6.07, 6.45) is 3.03. The molecule has 0 saturated heterocycles. The summed E-state index contributed by atoms with van der Waals surface area (Å²) in [6.45, 7) is 0.169. The smallest absolute Gasteiger partial charge is 0.326 e. The molecule has 228 valence electrons. The maximum atomic E-state index is 13.5. The van der Waals surface area contributed by atoms with Crippen LogP contribution in [-0.4, -0.2) is 81.3 Å². The Morgan fingerprint density at radius 2 is 1.50 bits per heavy atom. The van der Waals surface area contributed by atoms with Crippen LogP contribution in [0, 0.1) is 0 Å². The average Bonchev–Trinajstić information content (AvgIpc) is 3.45. The molecule has 2 aromatic rings. The van der Waals surface area contributed by atoms with Gasteiger partial charge in [0.25, 0.3) is 0 Å². The summed E-state index contributed by atoms with van der Waals surface area (Å²) in [6, 6.07) is 4.00. The van der Waals surface area contributed by atoms with Crippen LogP contribution < -0.4 is 38.9 Å². The van der Waals surface area contributed by atoms with Crippen LogP contribution in [0.2, 0.25) is 0 Å². The summed E-state index contributed by atoms with van der Waals surface area (Å²) in [5.74, 6) is -4.21. The van der Waals surface area contributed by atoms with Gasteiger partial charge in [-0.25, -0.2) is 9.78 Å². The average molecular weight is 587 g/mol. The van der Waals surface area contributed by atoms with Gasteiger partial charge in [-0.1, -0.05) is 30.3 Å². The molecule has 1 aromatic carbocycles. The number of H-pyrrole nitrogens is 1. The minimum absolute atomic E-state index is 0.0255. The zero-order chi connectivity index (χ0) is 31.1. The molecule has 0 radical (unpaired) electrons. The van der Waals surface area contributed by atoms with Crippen molar-refractivity contribution in [3.05, 3.63) is 54.1 Å². The lowest BCUT2D eigenvalue weighted by Gasteiger charge is -2.25. The van der Waals surface area contributed by atoms with Crippen LogP contribution >= 0.6 is 0 Å². The number of aromatic nitrogens is 2. The monoisotopic (exact) mass is 586 g/mol. The Labute approximate surface area is 242 Å². The fraction of sp³-hybridized carbons (Fsp3) is 0.423. The predicted octanol–water partition coefficient (Wildman–Crippen LogP) is -2.62. The van der Waals surface area contributed by atoms with Gasteiger partial charge >= 0.3 is 5.97 Å². The molecule has 0 aliphatic carbocycles. The molecule has 16 heteroatoms. The summed E-state index contributed by atoms with van der Waals surface area (Å²) in [4.78, 5) is 73.1. The first kappa shape index (κ1) is 33.2. The van der Waals surface area contributed by atoms with Gasteiger partial charge in [0.15, 0.2) is 5.96 Å². The second-order valence-electron chi connectivity index (χ2n) is 9.55. The maximum Gasteiger partial charge on any atom is 0.326 e. The number of hydrogen-bond donors (Lipinski definition) is 9. The molecule has 4 unspecified atom stereocenters. The molecule has 0 aliphatic heterocycles. The molecule has 0 fully saturated rings. The maximum absolute atomic E-state index is 13.5. The number of nitrogens with two attached hydrogens (primary N) is 4. The van der Waals surface area contributed by atoms with E-state index in [9.17, 15) is 29.1 Å². The highest BCUT2D eigenvalue weighted by atomic mass is 16.4. The number of hydrogen-bond acceptors (Lipinski definition) is 8. The topological polar surface area (TPSA) is 287 Å². The number of amides is 4. The number of carbonyl (C=O) groups is 5. The summed E-state index contributed by atoms with van der Waals surface area (Å²) in [7, 11) is 0. The highest BCUT2D eigenvalue weighted by molar-refractivity contribution is 5.94. The molecule has 1 heterocycles. The summed E-state index contributed by atoms with van der Waals surface area (Å²) >= 11 is 0. The van der Waals surface area contributed by atoms with Crippen molar-refractivity contribution in [3.8, 4) is 0 Å². The van der Waals surface area contributed by atoms with E-state index in [2.05, 4.69) is 30.9 Å². The van der Waals surface area contributed by atoms with Crippen molar-refractivity contribution in [3.63, 3.8) is 0 Å². The standard InChI is InChI=1S/C26H38N10O6/c27-17(8-9-21(28)37)22(38)35-20(12-16-13-31-14-33-16)24(40)36-19(11-15-5-2-1-3-6-15)23(39)34-18(25(41)42)7-4-10-32-26(29)30/h1-3,5-6,13-14,17-20H,4,7-12,27H2,(H2,28,37)(H,31,33)(H,34,39)(H,35,38)(H,36,40)(H,41,42)(H4,29,30,32). The number of aliphatic imine (C=N–C) groups is 1. The first-order valence-electron chi connectivity index (χ1n) is 13.2. The van der Waals surface area contributed by atoms with E-state index < -0.39 is 53.8 Å². The van der Waals surface area contributed by atoms with Crippen molar-refractivity contribution in [2.24, 2.45) is 27.9 Å². The van der Waals surface area contributed by atoms with Crippen molar-refractivity contribution >= 4 is 35.6 Å². The van der Waals surface area contributed by atoms with Gasteiger partial charge in [-0.05, 0) is 24.8 Å². The molecular weight excluding hydrogens is 548 g/mol. The van der Waals surface area contributed by atoms with E-state index in [-0.39, 0.29) is 51.0 Å². The van der Waals surface area contributed by atoms with Crippen molar-refractivity contribution in [2.45, 2.75) is 62.7 Å². The van der Waals surface area contributed by atoms with Gasteiger partial charge < -0.3 is 49.0 Å². The van der Waals surface area contributed by atoms with Crippen LogP contribution in [0.3, 0.4) is 0 Å². The van der Waals surface area contributed by atoms with Crippen LogP contribution in [0.25, 0.3) is 0 Å². The quantitative estimate of drug-likeness (QED) is 0.0498. The largest absolute Gasteiger partial charge is 0.480 e. The van der Waals surface area contributed by atoms with E-state index in [0.29, 0.717) is 11.3 Å². The third-order valence-electron chi connectivity index (χ3n) is 6.13. The SMILES string of the molecule is NC(=O)CCC(N)C(=O)NC(Cc1cnc[nH]1)C(=O)NC(Cc1ccccc1)C(=O)NC(CCCN=C(N)N)C(=O)O. The van der Waals surface area contributed by atoms with Crippen LogP contribution in [0.4, 0.5) is 0 Å². The highest BCUT2D eigenvalue weighted by Crippen LogP contribution is 2.08. The predicted molar refractivity (Wildman–Crippen MR) is 152 cm³/mol. The number of primary amides is 1. The normalized spacial score (nSPS) is 13.5. The number of nitrogens with zero attached hydrogens (tertiary/aromatic N) is 2. The molecule has 0 saturated carbocycles. The third-order valence-corrected chi connectivity index (χ3v) is 6.13. The molecule has 1 aromatic heterocycles. The van der Waals surface area contributed by atoms with E-state index in [0.717, 1.165) is 0 Å². The van der Waals surface area contributed by atoms with E-state index in [4.69, 9.17) is 22.9 Å². The van der Waals surface area contributed by atoms with Crippen LogP contribution in [0.1, 0.15) is 36.9 Å².